The van der Waals surface area contributed by atoms with Crippen LogP contribution in [-0.2, 0) is 5.41 Å². The van der Waals surface area contributed by atoms with E-state index in [0.29, 0.717) is 6.04 Å². The van der Waals surface area contributed by atoms with Crippen molar-refractivity contribution in [2.75, 3.05) is 13.1 Å². The molecule has 144 valence electrons. The molecule has 1 aromatic rings. The van der Waals surface area contributed by atoms with Gasteiger partial charge in [-0.05, 0) is 38.2 Å². The van der Waals surface area contributed by atoms with Crippen LogP contribution < -0.4 is 10.6 Å². The third-order valence-corrected chi connectivity index (χ3v) is 6.65. The Balaban J connectivity index is 1.45. The molecule has 1 aliphatic heterocycles. The number of carbonyl (C=O) groups excluding carboxylic acids is 1. The first-order valence-corrected chi connectivity index (χ1v) is 10.3. The predicted molar refractivity (Wildman–Crippen MR) is 107 cm³/mol. The number of piperidine rings is 1. The highest BCUT2D eigenvalue weighted by molar-refractivity contribution is 5.74. The first-order valence-electron chi connectivity index (χ1n) is 10.3. The molecule has 2 amide bonds. The minimum Gasteiger partial charge on any atom is -0.335 e. The van der Waals surface area contributed by atoms with Gasteiger partial charge in [-0.25, -0.2) is 4.79 Å². The van der Waals surface area contributed by atoms with Crippen molar-refractivity contribution in [3.8, 4) is 0 Å². The monoisotopic (exact) mass is 357 g/mol. The maximum Gasteiger partial charge on any atom is 0.315 e. The number of rotatable bonds is 5. The fraction of sp³-hybridized carbons (Fsp3) is 0.682. The Bertz CT molecular complexity index is 572. The Kier molecular flexibility index (Phi) is 6.23. The average molecular weight is 358 g/mol. The number of nitrogens with zero attached hydrogens (tertiary/aromatic N) is 1. The van der Waals surface area contributed by atoms with E-state index in [9.17, 15) is 4.79 Å². The maximum absolute atomic E-state index is 12.5. The first-order chi connectivity index (χ1) is 12.5. The molecule has 0 bridgehead atoms. The third-order valence-electron chi connectivity index (χ3n) is 6.65. The van der Waals surface area contributed by atoms with Gasteiger partial charge in [0, 0.05) is 36.6 Å². The Labute approximate surface area is 158 Å². The predicted octanol–water partition coefficient (Wildman–Crippen LogP) is 4.06. The van der Waals surface area contributed by atoms with Gasteiger partial charge in [0.15, 0.2) is 0 Å². The lowest BCUT2D eigenvalue weighted by atomic mass is 9.78. The van der Waals surface area contributed by atoms with Crippen molar-refractivity contribution in [2.24, 2.45) is 0 Å². The van der Waals surface area contributed by atoms with Gasteiger partial charge < -0.3 is 15.5 Å². The van der Waals surface area contributed by atoms with E-state index in [2.05, 4.69) is 60.6 Å². The fourth-order valence-corrected chi connectivity index (χ4v) is 4.40. The lowest BCUT2D eigenvalue weighted by molar-refractivity contribution is 0.145. The van der Waals surface area contributed by atoms with E-state index in [0.717, 1.165) is 32.0 Å². The lowest BCUT2D eigenvalue weighted by Crippen LogP contribution is -2.53. The highest BCUT2D eigenvalue weighted by Gasteiger charge is 2.31. The number of hydrogen-bond donors (Lipinski definition) is 2. The normalized spacial score (nSPS) is 21.5. The third kappa shape index (κ3) is 4.59. The summed E-state index contributed by atoms with van der Waals surface area (Å²) in [6, 6.07) is 11.6. The summed E-state index contributed by atoms with van der Waals surface area (Å²) in [6.07, 6.45) is 7.65. The van der Waals surface area contributed by atoms with Crippen molar-refractivity contribution in [1.82, 2.24) is 15.5 Å². The summed E-state index contributed by atoms with van der Waals surface area (Å²) in [4.78, 5) is 15.1. The van der Waals surface area contributed by atoms with Crippen LogP contribution in [0.3, 0.4) is 0 Å². The quantitative estimate of drug-likeness (QED) is 0.835. The van der Waals surface area contributed by atoms with Crippen molar-refractivity contribution in [3.63, 3.8) is 0 Å². The Morgan fingerprint density at radius 2 is 1.69 bits per heavy atom. The molecule has 4 nitrogen and oxygen atoms in total. The molecule has 1 heterocycles. The van der Waals surface area contributed by atoms with Crippen LogP contribution in [0.4, 0.5) is 4.79 Å². The summed E-state index contributed by atoms with van der Waals surface area (Å²) in [7, 11) is 0. The Morgan fingerprint density at radius 1 is 1.08 bits per heavy atom. The van der Waals surface area contributed by atoms with Gasteiger partial charge >= 0.3 is 6.03 Å². The Hall–Kier alpha value is -1.55. The molecule has 1 saturated heterocycles. The second-order valence-electron chi connectivity index (χ2n) is 8.68. The SMILES string of the molecule is C[C@H](NC(=O)NC1CCN(C2CCCC2)CC1)C(C)(C)c1ccccc1. The summed E-state index contributed by atoms with van der Waals surface area (Å²) in [5.74, 6) is 0. The smallest absolute Gasteiger partial charge is 0.315 e. The number of likely N-dealkylation sites (tertiary alicyclic amines) is 1. The molecule has 1 aliphatic carbocycles. The van der Waals surface area contributed by atoms with E-state index < -0.39 is 0 Å². The second-order valence-corrected chi connectivity index (χ2v) is 8.68. The molecule has 0 radical (unpaired) electrons. The largest absolute Gasteiger partial charge is 0.335 e. The van der Waals surface area contributed by atoms with E-state index in [1.165, 1.54) is 31.2 Å². The van der Waals surface area contributed by atoms with Gasteiger partial charge in [-0.3, -0.25) is 0 Å². The van der Waals surface area contributed by atoms with Crippen molar-refractivity contribution in [1.29, 1.82) is 0 Å². The van der Waals surface area contributed by atoms with Gasteiger partial charge in [-0.15, -0.1) is 0 Å². The van der Waals surface area contributed by atoms with E-state index in [1.54, 1.807) is 0 Å². The van der Waals surface area contributed by atoms with Crippen molar-refractivity contribution in [3.05, 3.63) is 35.9 Å². The maximum atomic E-state index is 12.5. The van der Waals surface area contributed by atoms with E-state index in [1.807, 2.05) is 6.07 Å². The van der Waals surface area contributed by atoms with E-state index >= 15 is 0 Å². The molecule has 3 rings (SSSR count). The molecule has 1 atom stereocenters. The summed E-state index contributed by atoms with van der Waals surface area (Å²) in [5, 5.41) is 6.38. The van der Waals surface area contributed by atoms with Gasteiger partial charge in [-0.2, -0.15) is 0 Å². The number of benzene rings is 1. The van der Waals surface area contributed by atoms with Gasteiger partial charge in [0.1, 0.15) is 0 Å². The molecule has 4 heteroatoms. The van der Waals surface area contributed by atoms with Crippen molar-refractivity contribution in [2.45, 2.75) is 82.8 Å². The zero-order valence-electron chi connectivity index (χ0n) is 16.6. The van der Waals surface area contributed by atoms with Gasteiger partial charge in [-0.1, -0.05) is 57.0 Å². The molecule has 0 unspecified atom stereocenters. The zero-order chi connectivity index (χ0) is 18.6. The molecule has 1 saturated carbocycles. The molecule has 2 aliphatic rings. The first kappa shape index (κ1) is 19.2. The van der Waals surface area contributed by atoms with Crippen LogP contribution in [0.2, 0.25) is 0 Å². The topological polar surface area (TPSA) is 44.4 Å². The number of carbonyl (C=O) groups is 1. The second kappa shape index (κ2) is 8.43. The van der Waals surface area contributed by atoms with Crippen molar-refractivity contribution < 1.29 is 4.79 Å². The van der Waals surface area contributed by atoms with Crippen LogP contribution in [-0.4, -0.2) is 42.1 Å². The minimum atomic E-state index is -0.107. The van der Waals surface area contributed by atoms with Crippen LogP contribution in [0, 0.1) is 0 Å². The molecule has 0 spiro atoms. The minimum absolute atomic E-state index is 0.0270. The van der Waals surface area contributed by atoms with Crippen LogP contribution in [0.5, 0.6) is 0 Å². The van der Waals surface area contributed by atoms with E-state index in [4.69, 9.17) is 0 Å². The zero-order valence-corrected chi connectivity index (χ0v) is 16.6. The molecular formula is C22H35N3O. The van der Waals surface area contributed by atoms with Gasteiger partial charge in [0.05, 0.1) is 0 Å². The molecule has 1 aromatic carbocycles. The van der Waals surface area contributed by atoms with E-state index in [-0.39, 0.29) is 17.5 Å². The van der Waals surface area contributed by atoms with Crippen LogP contribution in [0.15, 0.2) is 30.3 Å². The van der Waals surface area contributed by atoms with Crippen LogP contribution in [0.25, 0.3) is 0 Å². The van der Waals surface area contributed by atoms with Crippen LogP contribution >= 0.6 is 0 Å². The fourth-order valence-electron chi connectivity index (χ4n) is 4.40. The number of urea groups is 1. The highest BCUT2D eigenvalue weighted by atomic mass is 16.2. The van der Waals surface area contributed by atoms with Crippen molar-refractivity contribution >= 4 is 6.03 Å². The highest BCUT2D eigenvalue weighted by Crippen LogP contribution is 2.27. The number of amides is 2. The standard InChI is InChI=1S/C22H35N3O/c1-17(22(2,3)18-9-5-4-6-10-18)23-21(26)24-19-13-15-25(16-14-19)20-11-7-8-12-20/h4-6,9-10,17,19-20H,7-8,11-16H2,1-3H3,(H2,23,24,26)/t17-/m0/s1. The molecule has 26 heavy (non-hydrogen) atoms. The molecule has 2 N–H and O–H groups in total. The van der Waals surface area contributed by atoms with Gasteiger partial charge in [0.25, 0.3) is 0 Å². The lowest BCUT2D eigenvalue weighted by Gasteiger charge is -2.37. The molecule has 0 aromatic heterocycles. The average Bonchev–Trinajstić information content (AvgIpc) is 3.17. The number of nitrogens with one attached hydrogen (secondary N) is 2. The van der Waals surface area contributed by atoms with Crippen LogP contribution in [0.1, 0.15) is 64.9 Å². The summed E-state index contributed by atoms with van der Waals surface area (Å²) in [5.41, 5.74) is 1.14. The molecular weight excluding hydrogens is 322 g/mol. The summed E-state index contributed by atoms with van der Waals surface area (Å²) in [6.45, 7) is 8.72. The number of hydrogen-bond acceptors (Lipinski definition) is 2. The summed E-state index contributed by atoms with van der Waals surface area (Å²) >= 11 is 0. The van der Waals surface area contributed by atoms with Gasteiger partial charge in [0.2, 0.25) is 0 Å². The summed E-state index contributed by atoms with van der Waals surface area (Å²) < 4.78 is 0. The Morgan fingerprint density at radius 3 is 2.31 bits per heavy atom. The molecule has 2 fully saturated rings.